The normalized spacial score (nSPS) is 13.0. The van der Waals surface area contributed by atoms with E-state index < -0.39 is 0 Å². The van der Waals surface area contributed by atoms with Gasteiger partial charge in [-0.2, -0.15) is 0 Å². The van der Waals surface area contributed by atoms with Gasteiger partial charge in [-0.1, -0.05) is 127 Å². The standard InChI is InChI=1S/C52H32OS/c1-2-11-33-28-35(21-20-31(33)10-1)34-12-9-13-36(29-34)48-38-14-3-5-16-40(38)49(41-17-6-4-15-39(41)48)37-22-25-42-45(30-37)53-44-26-23-32-24-27-47-52(50(32)51(42)44)43-18-7-8-19-46(43)54-47/h2-9,11-30H,1,10H2. The molecule has 0 saturated heterocycles. The number of rotatable bonds is 3. The highest BCUT2D eigenvalue weighted by atomic mass is 32.1. The lowest BCUT2D eigenvalue weighted by Gasteiger charge is -2.18. The summed E-state index contributed by atoms with van der Waals surface area (Å²) in [6, 6.07) is 58.4. The Morgan fingerprint density at radius 3 is 1.89 bits per heavy atom. The first-order valence-electron chi connectivity index (χ1n) is 18.8. The van der Waals surface area contributed by atoms with E-state index in [1.165, 1.54) is 96.8 Å². The predicted octanol–water partition coefficient (Wildman–Crippen LogP) is 15.4. The van der Waals surface area contributed by atoms with Gasteiger partial charge in [0.1, 0.15) is 11.2 Å². The number of benzene rings is 9. The quantitative estimate of drug-likeness (QED) is 0.167. The molecule has 2 heteroatoms. The second-order valence-electron chi connectivity index (χ2n) is 14.7. The highest BCUT2D eigenvalue weighted by molar-refractivity contribution is 7.26. The number of fused-ring (bicyclic) bond motifs is 12. The van der Waals surface area contributed by atoms with Crippen LogP contribution in [0.2, 0.25) is 0 Å². The van der Waals surface area contributed by atoms with Crippen LogP contribution in [0.1, 0.15) is 17.5 Å². The summed E-state index contributed by atoms with van der Waals surface area (Å²) in [5, 5.41) is 12.5. The summed E-state index contributed by atoms with van der Waals surface area (Å²) in [7, 11) is 0. The number of furan rings is 1. The third kappa shape index (κ3) is 4.38. The molecule has 0 aliphatic heterocycles. The van der Waals surface area contributed by atoms with Gasteiger partial charge in [0.05, 0.1) is 0 Å². The molecular formula is C52H32OS. The fourth-order valence-electron chi connectivity index (χ4n) is 9.26. The molecule has 9 aromatic carbocycles. The van der Waals surface area contributed by atoms with E-state index in [4.69, 9.17) is 4.42 Å². The van der Waals surface area contributed by atoms with Crippen LogP contribution in [0.3, 0.4) is 0 Å². The van der Waals surface area contributed by atoms with Gasteiger partial charge >= 0.3 is 0 Å². The van der Waals surface area contributed by atoms with Crippen LogP contribution in [0.4, 0.5) is 0 Å². The second-order valence-corrected chi connectivity index (χ2v) is 15.7. The van der Waals surface area contributed by atoms with Crippen molar-refractivity contribution in [2.45, 2.75) is 12.8 Å². The summed E-state index contributed by atoms with van der Waals surface area (Å²) < 4.78 is 9.39. The van der Waals surface area contributed by atoms with E-state index in [2.05, 4.69) is 170 Å². The molecule has 11 aromatic rings. The van der Waals surface area contributed by atoms with Crippen LogP contribution in [-0.4, -0.2) is 0 Å². The van der Waals surface area contributed by atoms with E-state index in [0.29, 0.717) is 0 Å². The lowest BCUT2D eigenvalue weighted by Crippen LogP contribution is -1.94. The van der Waals surface area contributed by atoms with Crippen molar-refractivity contribution < 1.29 is 4.42 Å². The molecule has 54 heavy (non-hydrogen) atoms. The zero-order chi connectivity index (χ0) is 35.3. The smallest absolute Gasteiger partial charge is 0.136 e. The summed E-state index contributed by atoms with van der Waals surface area (Å²) in [6.45, 7) is 0. The summed E-state index contributed by atoms with van der Waals surface area (Å²) in [5.74, 6) is 0. The minimum Gasteiger partial charge on any atom is -0.456 e. The van der Waals surface area contributed by atoms with E-state index in [1.807, 2.05) is 11.3 Å². The van der Waals surface area contributed by atoms with Crippen LogP contribution in [-0.2, 0) is 6.42 Å². The zero-order valence-corrected chi connectivity index (χ0v) is 30.2. The Bertz CT molecular complexity index is 3330. The van der Waals surface area contributed by atoms with Crippen molar-refractivity contribution in [3.63, 3.8) is 0 Å². The van der Waals surface area contributed by atoms with E-state index in [-0.39, 0.29) is 0 Å². The maximum absolute atomic E-state index is 6.77. The second kappa shape index (κ2) is 11.5. The van der Waals surface area contributed by atoms with Crippen molar-refractivity contribution in [3.05, 3.63) is 175 Å². The molecule has 0 bridgehead atoms. The molecule has 0 N–H and O–H groups in total. The molecule has 2 aromatic heterocycles. The number of aryl methyl sites for hydroxylation is 1. The fourth-order valence-corrected chi connectivity index (χ4v) is 10.4. The third-order valence-electron chi connectivity index (χ3n) is 11.7. The summed E-state index contributed by atoms with van der Waals surface area (Å²) >= 11 is 1.87. The van der Waals surface area contributed by atoms with Gasteiger partial charge < -0.3 is 4.42 Å². The first-order valence-corrected chi connectivity index (χ1v) is 19.6. The average molecular weight is 705 g/mol. The lowest BCUT2D eigenvalue weighted by molar-refractivity contribution is 0.669. The SMILES string of the molecule is C1=Cc2cc(-c3cccc(-c4c5ccccc5c(-c5ccc6c(c5)oc5ccc7ccc8sc9ccccc9c8c7c56)c5ccccc45)c3)ccc2CC1. The van der Waals surface area contributed by atoms with Crippen LogP contribution < -0.4 is 0 Å². The van der Waals surface area contributed by atoms with Gasteiger partial charge in [0.2, 0.25) is 0 Å². The van der Waals surface area contributed by atoms with Crippen molar-refractivity contribution in [3.8, 4) is 33.4 Å². The van der Waals surface area contributed by atoms with E-state index in [0.717, 1.165) is 35.0 Å². The van der Waals surface area contributed by atoms with Crippen molar-refractivity contribution in [2.75, 3.05) is 0 Å². The molecule has 0 atom stereocenters. The van der Waals surface area contributed by atoms with Gasteiger partial charge in [-0.05, 0) is 127 Å². The summed E-state index contributed by atoms with van der Waals surface area (Å²) in [5.41, 5.74) is 12.0. The molecule has 1 aliphatic rings. The molecule has 0 saturated carbocycles. The Labute approximate surface area is 316 Å². The number of allylic oxidation sites excluding steroid dienone is 1. The molecule has 12 rings (SSSR count). The number of hydrogen-bond acceptors (Lipinski definition) is 2. The van der Waals surface area contributed by atoms with Crippen LogP contribution in [0.15, 0.2) is 168 Å². The van der Waals surface area contributed by atoms with Gasteiger partial charge in [-0.25, -0.2) is 0 Å². The maximum Gasteiger partial charge on any atom is 0.136 e. The van der Waals surface area contributed by atoms with Gasteiger partial charge in [0, 0.05) is 36.3 Å². The fraction of sp³-hybridized carbons (Fsp3) is 0.0385. The van der Waals surface area contributed by atoms with Crippen molar-refractivity contribution >= 4 is 91.8 Å². The Morgan fingerprint density at radius 2 is 1.09 bits per heavy atom. The minimum atomic E-state index is 0.913. The van der Waals surface area contributed by atoms with Crippen molar-refractivity contribution in [1.82, 2.24) is 0 Å². The molecule has 0 spiro atoms. The largest absolute Gasteiger partial charge is 0.456 e. The average Bonchev–Trinajstić information content (AvgIpc) is 3.81. The molecule has 0 unspecified atom stereocenters. The minimum absolute atomic E-state index is 0.913. The van der Waals surface area contributed by atoms with E-state index >= 15 is 0 Å². The monoisotopic (exact) mass is 704 g/mol. The molecule has 0 amide bonds. The van der Waals surface area contributed by atoms with Gasteiger partial charge in [0.25, 0.3) is 0 Å². The Kier molecular flexibility index (Phi) is 6.40. The van der Waals surface area contributed by atoms with Crippen LogP contribution >= 0.6 is 11.3 Å². The molecule has 0 radical (unpaired) electrons. The zero-order valence-electron chi connectivity index (χ0n) is 29.4. The first kappa shape index (κ1) is 30.0. The topological polar surface area (TPSA) is 13.1 Å². The predicted molar refractivity (Wildman–Crippen MR) is 233 cm³/mol. The van der Waals surface area contributed by atoms with Gasteiger partial charge in [-0.15, -0.1) is 11.3 Å². The molecule has 2 heterocycles. The highest BCUT2D eigenvalue weighted by Crippen LogP contribution is 2.47. The highest BCUT2D eigenvalue weighted by Gasteiger charge is 2.20. The Balaban J connectivity index is 1.08. The van der Waals surface area contributed by atoms with Crippen molar-refractivity contribution in [1.29, 1.82) is 0 Å². The third-order valence-corrected chi connectivity index (χ3v) is 12.8. The molecule has 0 fully saturated rings. The summed E-state index contributed by atoms with van der Waals surface area (Å²) in [4.78, 5) is 0. The van der Waals surface area contributed by atoms with E-state index in [9.17, 15) is 0 Å². The molecule has 1 nitrogen and oxygen atoms in total. The maximum atomic E-state index is 6.77. The first-order chi connectivity index (χ1) is 26.8. The number of thiophene rings is 1. The van der Waals surface area contributed by atoms with Gasteiger partial charge in [-0.3, -0.25) is 0 Å². The molecule has 1 aliphatic carbocycles. The molecular weight excluding hydrogens is 673 g/mol. The van der Waals surface area contributed by atoms with E-state index in [1.54, 1.807) is 0 Å². The van der Waals surface area contributed by atoms with Crippen LogP contribution in [0.5, 0.6) is 0 Å². The van der Waals surface area contributed by atoms with Crippen LogP contribution in [0.25, 0.3) is 114 Å². The Morgan fingerprint density at radius 1 is 0.426 bits per heavy atom. The van der Waals surface area contributed by atoms with Crippen LogP contribution in [0, 0.1) is 0 Å². The number of hydrogen-bond donors (Lipinski definition) is 0. The Hall–Kier alpha value is -6.48. The van der Waals surface area contributed by atoms with Crippen molar-refractivity contribution in [2.24, 2.45) is 0 Å². The lowest BCUT2D eigenvalue weighted by atomic mass is 9.85. The molecule has 252 valence electrons. The summed E-state index contributed by atoms with van der Waals surface area (Å²) in [6.07, 6.45) is 6.81. The van der Waals surface area contributed by atoms with Gasteiger partial charge in [0.15, 0.2) is 0 Å².